The summed E-state index contributed by atoms with van der Waals surface area (Å²) in [6.45, 7) is 7.07. The first-order valence-corrected chi connectivity index (χ1v) is 13.0. The van der Waals surface area contributed by atoms with E-state index in [1.165, 1.54) is 0 Å². The van der Waals surface area contributed by atoms with Crippen molar-refractivity contribution in [1.82, 2.24) is 0 Å². The normalized spacial score (nSPS) is 21.2. The number of halogens is 1. The summed E-state index contributed by atoms with van der Waals surface area (Å²) < 4.78 is 16.5. The molecule has 1 amide bonds. The van der Waals surface area contributed by atoms with Crippen molar-refractivity contribution in [3.63, 3.8) is 0 Å². The van der Waals surface area contributed by atoms with Gasteiger partial charge in [-0.25, -0.2) is 0 Å². The number of hydrogen-bond acceptors (Lipinski definition) is 7. The molecule has 0 saturated heterocycles. The van der Waals surface area contributed by atoms with E-state index in [4.69, 9.17) is 14.2 Å². The zero-order valence-corrected chi connectivity index (χ0v) is 23.0. The molecule has 2 aromatic rings. The van der Waals surface area contributed by atoms with Crippen LogP contribution in [-0.2, 0) is 45.3 Å². The minimum atomic E-state index is -2.18. The Morgan fingerprint density at radius 2 is 1.71 bits per heavy atom. The van der Waals surface area contributed by atoms with Crippen LogP contribution in [0.2, 0.25) is 0 Å². The summed E-state index contributed by atoms with van der Waals surface area (Å²) in [7, 11) is 1.15. The molecule has 0 bridgehead atoms. The fourth-order valence-corrected chi connectivity index (χ4v) is 6.10. The molecule has 1 spiro atoms. The molecule has 1 saturated carbocycles. The Kier molecular flexibility index (Phi) is 7.63. The molecule has 198 valence electrons. The predicted octanol–water partition coefficient (Wildman–Crippen LogP) is 4.25. The highest BCUT2D eigenvalue weighted by molar-refractivity contribution is 9.10. The van der Waals surface area contributed by atoms with Crippen LogP contribution >= 0.6 is 15.9 Å². The van der Waals surface area contributed by atoms with Crippen molar-refractivity contribution < 1.29 is 33.4 Å². The molecule has 1 fully saturated rings. The first-order valence-electron chi connectivity index (χ1n) is 12.2. The molecule has 0 aromatic heterocycles. The van der Waals surface area contributed by atoms with Gasteiger partial charge in [0.25, 0.3) is 0 Å². The summed E-state index contributed by atoms with van der Waals surface area (Å²) in [5, 5.41) is 0. The van der Waals surface area contributed by atoms with Gasteiger partial charge in [-0.2, -0.15) is 0 Å². The molecule has 2 atom stereocenters. The number of anilines is 1. The van der Waals surface area contributed by atoms with Crippen molar-refractivity contribution in [2.75, 3.05) is 25.2 Å². The molecule has 2 aliphatic rings. The molecule has 1 heterocycles. The Labute approximate surface area is 229 Å². The molecule has 0 radical (unpaired) electrons. The van der Waals surface area contributed by atoms with E-state index < -0.39 is 40.6 Å². The van der Waals surface area contributed by atoms with Crippen LogP contribution in [0.25, 0.3) is 0 Å². The van der Waals surface area contributed by atoms with Crippen LogP contribution in [0, 0.1) is 11.3 Å². The Morgan fingerprint density at radius 3 is 2.26 bits per heavy atom. The number of methoxy groups -OCH3 is 1. The minimum Gasteiger partial charge on any atom is -0.469 e. The Bertz CT molecular complexity index is 1330. The van der Waals surface area contributed by atoms with Gasteiger partial charge in [0.05, 0.1) is 26.9 Å². The Morgan fingerprint density at radius 1 is 1.08 bits per heavy atom. The summed E-state index contributed by atoms with van der Waals surface area (Å²) in [6.07, 6.45) is -0.342. The standard InChI is InChI=1S/C29H28BrNO7/c1-5-19-16-28(26(34)37-6-2,27(35)38-7-3)23(24(32)36-4)29(19)21-15-20(30)13-14-22(21)31(25(29)33)17-18-11-9-8-10-12-18/h8-15,23H,1,6-7,16-17H2,2-4H3/t23-,29+/m0/s1. The highest BCUT2D eigenvalue weighted by atomic mass is 79.9. The van der Waals surface area contributed by atoms with Gasteiger partial charge in [0.1, 0.15) is 11.3 Å². The van der Waals surface area contributed by atoms with Crippen LogP contribution in [0.1, 0.15) is 31.4 Å². The van der Waals surface area contributed by atoms with Crippen LogP contribution in [0.4, 0.5) is 5.69 Å². The first kappa shape index (κ1) is 27.4. The lowest BCUT2D eigenvalue weighted by Crippen LogP contribution is -2.56. The molecule has 0 N–H and O–H groups in total. The summed E-state index contributed by atoms with van der Waals surface area (Å²) in [5.41, 5.74) is 0.862. The van der Waals surface area contributed by atoms with Crippen molar-refractivity contribution in [2.24, 2.45) is 11.3 Å². The Hall–Kier alpha value is -3.68. The highest BCUT2D eigenvalue weighted by Gasteiger charge is 2.77. The largest absolute Gasteiger partial charge is 0.469 e. The van der Waals surface area contributed by atoms with Gasteiger partial charge in [-0.15, -0.1) is 5.73 Å². The lowest BCUT2D eigenvalue weighted by Gasteiger charge is -2.35. The van der Waals surface area contributed by atoms with Gasteiger partial charge in [0.2, 0.25) is 5.91 Å². The van der Waals surface area contributed by atoms with Crippen molar-refractivity contribution in [2.45, 2.75) is 32.2 Å². The lowest BCUT2D eigenvalue weighted by molar-refractivity contribution is -0.182. The summed E-state index contributed by atoms with van der Waals surface area (Å²) in [4.78, 5) is 57.2. The van der Waals surface area contributed by atoms with Gasteiger partial charge in [-0.3, -0.25) is 19.2 Å². The van der Waals surface area contributed by atoms with Crippen molar-refractivity contribution in [3.8, 4) is 0 Å². The summed E-state index contributed by atoms with van der Waals surface area (Å²) in [5.74, 6) is -4.97. The van der Waals surface area contributed by atoms with E-state index >= 15 is 0 Å². The second kappa shape index (κ2) is 10.6. The van der Waals surface area contributed by atoms with E-state index in [2.05, 4.69) is 28.2 Å². The molecule has 8 nitrogen and oxygen atoms in total. The second-order valence-electron chi connectivity index (χ2n) is 9.05. The molecule has 1 aliphatic heterocycles. The number of amides is 1. The zero-order chi connectivity index (χ0) is 27.7. The van der Waals surface area contributed by atoms with Crippen molar-refractivity contribution in [3.05, 3.63) is 82.0 Å². The first-order chi connectivity index (χ1) is 18.2. The molecule has 4 rings (SSSR count). The molecular weight excluding hydrogens is 554 g/mol. The molecule has 1 aliphatic carbocycles. The number of carbonyl (C=O) groups excluding carboxylic acids is 4. The molecule has 2 aromatic carbocycles. The number of esters is 3. The minimum absolute atomic E-state index is 0.0514. The van der Waals surface area contributed by atoms with Crippen molar-refractivity contribution in [1.29, 1.82) is 0 Å². The van der Waals surface area contributed by atoms with Gasteiger partial charge >= 0.3 is 17.9 Å². The predicted molar refractivity (Wildman–Crippen MR) is 142 cm³/mol. The third kappa shape index (κ3) is 3.89. The maximum Gasteiger partial charge on any atom is 0.324 e. The number of benzene rings is 2. The van der Waals surface area contributed by atoms with Gasteiger partial charge in [0.15, 0.2) is 5.41 Å². The lowest BCUT2D eigenvalue weighted by atomic mass is 9.65. The third-order valence-electron chi connectivity index (χ3n) is 7.23. The van der Waals surface area contributed by atoms with Crippen LogP contribution in [0.5, 0.6) is 0 Å². The highest BCUT2D eigenvalue weighted by Crippen LogP contribution is 2.64. The fourth-order valence-electron chi connectivity index (χ4n) is 5.74. The quantitative estimate of drug-likeness (QED) is 0.208. The van der Waals surface area contributed by atoms with E-state index in [1.54, 1.807) is 36.9 Å². The van der Waals surface area contributed by atoms with Gasteiger partial charge < -0.3 is 19.1 Å². The van der Waals surface area contributed by atoms with Crippen LogP contribution in [0.3, 0.4) is 0 Å². The van der Waals surface area contributed by atoms with E-state index in [0.29, 0.717) is 15.7 Å². The van der Waals surface area contributed by atoms with Gasteiger partial charge in [-0.05, 0) is 48.7 Å². The van der Waals surface area contributed by atoms with E-state index in [-0.39, 0.29) is 31.8 Å². The maximum absolute atomic E-state index is 14.7. The average Bonchev–Trinajstić information content (AvgIpc) is 3.36. The number of ether oxygens (including phenoxy) is 3. The van der Waals surface area contributed by atoms with Crippen molar-refractivity contribution >= 4 is 45.4 Å². The maximum atomic E-state index is 14.7. The SMILES string of the molecule is C=C=C1CC(C(=O)OCC)(C(=O)OCC)[C@H](C(=O)OC)[C@@]12C(=O)N(Cc1ccccc1)c1ccc(Br)cc12. The molecule has 9 heteroatoms. The molecular formula is C29H28BrNO7. The number of carbonyl (C=O) groups is 4. The zero-order valence-electron chi connectivity index (χ0n) is 21.4. The topological polar surface area (TPSA) is 99.2 Å². The second-order valence-corrected chi connectivity index (χ2v) is 9.96. The van der Waals surface area contributed by atoms with E-state index in [1.807, 2.05) is 30.3 Å². The van der Waals surface area contributed by atoms with Crippen LogP contribution < -0.4 is 4.90 Å². The monoisotopic (exact) mass is 581 g/mol. The number of hydrogen-bond donors (Lipinski definition) is 0. The Balaban J connectivity index is 2.06. The number of fused-ring (bicyclic) bond motifs is 2. The van der Waals surface area contributed by atoms with Crippen LogP contribution in [0.15, 0.2) is 70.9 Å². The average molecular weight is 582 g/mol. The van der Waals surface area contributed by atoms with Crippen LogP contribution in [-0.4, -0.2) is 44.1 Å². The molecule has 38 heavy (non-hydrogen) atoms. The van der Waals surface area contributed by atoms with E-state index in [9.17, 15) is 19.2 Å². The van der Waals surface area contributed by atoms with Gasteiger partial charge in [0, 0.05) is 16.6 Å². The van der Waals surface area contributed by atoms with Gasteiger partial charge in [-0.1, -0.05) is 52.8 Å². The fraction of sp³-hybridized carbons (Fsp3) is 0.345. The molecule has 0 unspecified atom stereocenters. The smallest absolute Gasteiger partial charge is 0.324 e. The summed E-state index contributed by atoms with van der Waals surface area (Å²) in [6, 6.07) is 14.6. The number of rotatable bonds is 7. The number of nitrogens with zero attached hydrogens (tertiary/aromatic N) is 1. The van der Waals surface area contributed by atoms with E-state index in [0.717, 1.165) is 12.7 Å². The third-order valence-corrected chi connectivity index (χ3v) is 7.72. The summed E-state index contributed by atoms with van der Waals surface area (Å²) >= 11 is 3.48.